The highest BCUT2D eigenvalue weighted by Gasteiger charge is 2.13. The Hall–Kier alpha value is -2.95. The summed E-state index contributed by atoms with van der Waals surface area (Å²) in [7, 11) is 0. The molecule has 4 aromatic rings. The zero-order chi connectivity index (χ0) is 14.4. The number of aryl methyl sites for hydroxylation is 1. The summed E-state index contributed by atoms with van der Waals surface area (Å²) in [5, 5.41) is 1.02. The number of hydrogen-bond acceptors (Lipinski definition) is 4. The first kappa shape index (κ1) is 11.8. The van der Waals surface area contributed by atoms with E-state index in [1.807, 2.05) is 54.1 Å². The molecule has 0 atom stereocenters. The molecule has 5 nitrogen and oxygen atoms in total. The van der Waals surface area contributed by atoms with E-state index in [0.717, 1.165) is 33.3 Å². The van der Waals surface area contributed by atoms with Crippen LogP contribution in [-0.4, -0.2) is 19.5 Å². The van der Waals surface area contributed by atoms with Crippen LogP contribution in [0.3, 0.4) is 0 Å². The van der Waals surface area contributed by atoms with Gasteiger partial charge in [0.15, 0.2) is 5.65 Å². The van der Waals surface area contributed by atoms with Gasteiger partial charge in [-0.15, -0.1) is 0 Å². The van der Waals surface area contributed by atoms with Crippen LogP contribution in [0.1, 0.15) is 5.56 Å². The molecule has 0 radical (unpaired) electrons. The Balaban J connectivity index is 2.11. The molecule has 2 N–H and O–H groups in total. The van der Waals surface area contributed by atoms with Crippen molar-refractivity contribution < 1.29 is 0 Å². The maximum Gasteiger partial charge on any atom is 0.207 e. The number of fused-ring (bicyclic) bond motifs is 2. The minimum absolute atomic E-state index is 0.430. The van der Waals surface area contributed by atoms with Crippen LogP contribution in [0.5, 0.6) is 0 Å². The molecule has 0 saturated carbocycles. The molecular weight excluding hydrogens is 262 g/mol. The number of anilines is 1. The van der Waals surface area contributed by atoms with E-state index in [0.29, 0.717) is 5.95 Å². The molecule has 102 valence electrons. The summed E-state index contributed by atoms with van der Waals surface area (Å²) in [5.41, 5.74) is 10.6. The van der Waals surface area contributed by atoms with Gasteiger partial charge in [0.05, 0.1) is 11.2 Å². The number of aromatic nitrogens is 4. The first-order valence-electron chi connectivity index (χ1n) is 6.69. The lowest BCUT2D eigenvalue weighted by atomic mass is 10.2. The van der Waals surface area contributed by atoms with Crippen molar-refractivity contribution in [2.45, 2.75) is 6.92 Å². The Labute approximate surface area is 121 Å². The normalized spacial score (nSPS) is 11.3. The summed E-state index contributed by atoms with van der Waals surface area (Å²) in [4.78, 5) is 13.3. The molecule has 0 aliphatic heterocycles. The highest BCUT2D eigenvalue weighted by molar-refractivity contribution is 5.90. The Morgan fingerprint density at radius 3 is 2.86 bits per heavy atom. The number of imidazole rings is 1. The van der Waals surface area contributed by atoms with E-state index < -0.39 is 0 Å². The van der Waals surface area contributed by atoms with Crippen molar-refractivity contribution in [1.82, 2.24) is 19.5 Å². The number of hydrogen-bond donors (Lipinski definition) is 1. The third-order valence-corrected chi connectivity index (χ3v) is 3.52. The fourth-order valence-corrected chi connectivity index (χ4v) is 2.60. The van der Waals surface area contributed by atoms with Crippen LogP contribution in [0, 0.1) is 6.92 Å². The Kier molecular flexibility index (Phi) is 2.41. The number of nitrogens with two attached hydrogens (primary N) is 1. The summed E-state index contributed by atoms with van der Waals surface area (Å²) < 4.78 is 1.87. The van der Waals surface area contributed by atoms with Gasteiger partial charge in [0.2, 0.25) is 5.95 Å². The quantitative estimate of drug-likeness (QED) is 0.580. The average molecular weight is 275 g/mol. The predicted octanol–water partition coefficient (Wildman–Crippen LogP) is 2.86. The molecule has 0 spiro atoms. The molecule has 0 amide bonds. The molecule has 5 heteroatoms. The molecular formula is C16H13N5. The van der Waals surface area contributed by atoms with Crippen LogP contribution >= 0.6 is 0 Å². The van der Waals surface area contributed by atoms with Crippen molar-refractivity contribution in [2.24, 2.45) is 0 Å². The van der Waals surface area contributed by atoms with Gasteiger partial charge in [0.1, 0.15) is 5.52 Å². The van der Waals surface area contributed by atoms with E-state index >= 15 is 0 Å². The van der Waals surface area contributed by atoms with E-state index in [2.05, 4.69) is 15.0 Å². The minimum Gasteiger partial charge on any atom is -0.369 e. The van der Waals surface area contributed by atoms with Crippen LogP contribution in [0.15, 0.2) is 48.8 Å². The van der Waals surface area contributed by atoms with Gasteiger partial charge >= 0.3 is 0 Å². The average Bonchev–Trinajstić information content (AvgIpc) is 2.81. The smallest absolute Gasteiger partial charge is 0.207 e. The van der Waals surface area contributed by atoms with Crippen LogP contribution in [0.25, 0.3) is 27.8 Å². The molecule has 21 heavy (non-hydrogen) atoms. The topological polar surface area (TPSA) is 69.6 Å². The third kappa shape index (κ3) is 1.74. The highest BCUT2D eigenvalue weighted by Crippen LogP contribution is 2.27. The fourth-order valence-electron chi connectivity index (χ4n) is 2.60. The molecule has 0 saturated heterocycles. The van der Waals surface area contributed by atoms with E-state index in [-0.39, 0.29) is 0 Å². The van der Waals surface area contributed by atoms with Crippen molar-refractivity contribution in [3.63, 3.8) is 0 Å². The van der Waals surface area contributed by atoms with Gasteiger partial charge in [-0.3, -0.25) is 9.55 Å². The molecule has 0 aliphatic carbocycles. The van der Waals surface area contributed by atoms with Gasteiger partial charge in [-0.05, 0) is 42.8 Å². The van der Waals surface area contributed by atoms with Gasteiger partial charge in [0.25, 0.3) is 0 Å². The summed E-state index contributed by atoms with van der Waals surface area (Å²) in [6.07, 6.45) is 3.60. The van der Waals surface area contributed by atoms with E-state index in [4.69, 9.17) is 5.73 Å². The molecule has 0 fully saturated rings. The zero-order valence-corrected chi connectivity index (χ0v) is 11.5. The van der Waals surface area contributed by atoms with Crippen molar-refractivity contribution >= 4 is 28.0 Å². The Morgan fingerprint density at radius 2 is 1.95 bits per heavy atom. The number of benzene rings is 1. The van der Waals surface area contributed by atoms with Gasteiger partial charge in [-0.2, -0.15) is 0 Å². The van der Waals surface area contributed by atoms with Gasteiger partial charge in [-0.1, -0.05) is 6.07 Å². The zero-order valence-electron chi connectivity index (χ0n) is 11.5. The van der Waals surface area contributed by atoms with Crippen LogP contribution in [0.2, 0.25) is 0 Å². The molecule has 0 bridgehead atoms. The van der Waals surface area contributed by atoms with Gasteiger partial charge < -0.3 is 5.73 Å². The minimum atomic E-state index is 0.430. The molecule has 0 unspecified atom stereocenters. The number of rotatable bonds is 1. The third-order valence-electron chi connectivity index (χ3n) is 3.52. The van der Waals surface area contributed by atoms with Crippen molar-refractivity contribution in [3.05, 3.63) is 54.4 Å². The largest absolute Gasteiger partial charge is 0.369 e. The van der Waals surface area contributed by atoms with Crippen molar-refractivity contribution in [1.29, 1.82) is 0 Å². The second-order valence-corrected chi connectivity index (χ2v) is 5.01. The lowest BCUT2D eigenvalue weighted by Crippen LogP contribution is -2.02. The summed E-state index contributed by atoms with van der Waals surface area (Å²) in [6, 6.07) is 11.9. The lowest BCUT2D eigenvalue weighted by molar-refractivity contribution is 1.09. The molecule has 4 rings (SSSR count). The van der Waals surface area contributed by atoms with Crippen molar-refractivity contribution in [3.8, 4) is 5.69 Å². The second-order valence-electron chi connectivity index (χ2n) is 5.01. The van der Waals surface area contributed by atoms with E-state index in [1.165, 1.54) is 0 Å². The van der Waals surface area contributed by atoms with E-state index in [1.54, 1.807) is 6.20 Å². The van der Waals surface area contributed by atoms with Crippen LogP contribution in [-0.2, 0) is 0 Å². The number of nitrogens with zero attached hydrogens (tertiary/aromatic N) is 4. The van der Waals surface area contributed by atoms with Gasteiger partial charge in [0, 0.05) is 17.8 Å². The summed E-state index contributed by atoms with van der Waals surface area (Å²) in [5.74, 6) is 0.430. The predicted molar refractivity (Wildman–Crippen MR) is 83.3 cm³/mol. The Bertz CT molecular complexity index is 966. The molecule has 0 aliphatic rings. The maximum absolute atomic E-state index is 6.12. The van der Waals surface area contributed by atoms with E-state index in [9.17, 15) is 0 Å². The SMILES string of the molecule is Cc1cnc2c(c1)nc(N)n2-c1cccc2ncccc12. The van der Waals surface area contributed by atoms with Gasteiger partial charge in [-0.25, -0.2) is 9.97 Å². The highest BCUT2D eigenvalue weighted by atomic mass is 15.2. The standard InChI is InChI=1S/C16H13N5/c1-10-8-13-15(19-9-10)21(16(17)20-13)14-6-2-5-12-11(14)4-3-7-18-12/h2-9H,1H3,(H2,17,20). The summed E-state index contributed by atoms with van der Waals surface area (Å²) >= 11 is 0. The Morgan fingerprint density at radius 1 is 1.05 bits per heavy atom. The van der Waals surface area contributed by atoms with Crippen LogP contribution < -0.4 is 5.73 Å². The first-order valence-corrected chi connectivity index (χ1v) is 6.69. The second kappa shape index (κ2) is 4.28. The molecule has 3 aromatic heterocycles. The number of pyridine rings is 2. The fraction of sp³-hybridized carbons (Fsp3) is 0.0625. The summed E-state index contributed by atoms with van der Waals surface area (Å²) in [6.45, 7) is 1.99. The maximum atomic E-state index is 6.12. The monoisotopic (exact) mass is 275 g/mol. The lowest BCUT2D eigenvalue weighted by Gasteiger charge is -2.09. The van der Waals surface area contributed by atoms with Crippen molar-refractivity contribution in [2.75, 3.05) is 5.73 Å². The first-order chi connectivity index (χ1) is 10.2. The molecule has 3 heterocycles. The molecule has 1 aromatic carbocycles. The van der Waals surface area contributed by atoms with Crippen LogP contribution in [0.4, 0.5) is 5.95 Å². The number of nitrogen functional groups attached to an aromatic ring is 1.